The lowest BCUT2D eigenvalue weighted by Crippen LogP contribution is -2.48. The van der Waals surface area contributed by atoms with Crippen LogP contribution in [0.1, 0.15) is 12.0 Å². The van der Waals surface area contributed by atoms with Crippen molar-refractivity contribution in [2.75, 3.05) is 37.7 Å². The molecule has 1 heterocycles. The van der Waals surface area contributed by atoms with Crippen molar-refractivity contribution in [3.05, 3.63) is 34.9 Å². The second-order valence-electron chi connectivity index (χ2n) is 5.56. The van der Waals surface area contributed by atoms with E-state index in [1.54, 1.807) is 0 Å². The summed E-state index contributed by atoms with van der Waals surface area (Å²) in [5, 5.41) is 0.754. The highest BCUT2D eigenvalue weighted by molar-refractivity contribution is 7.99. The Morgan fingerprint density at radius 1 is 1.22 bits per heavy atom. The number of carbonyl (C=O) groups is 2. The molecule has 1 fully saturated rings. The first kappa shape index (κ1) is 18.1. The second kappa shape index (κ2) is 9.15. The molecule has 1 saturated heterocycles. The van der Waals surface area contributed by atoms with E-state index >= 15 is 0 Å². The van der Waals surface area contributed by atoms with E-state index in [0.29, 0.717) is 12.2 Å². The fourth-order valence-electron chi connectivity index (χ4n) is 2.54. The predicted molar refractivity (Wildman–Crippen MR) is 94.4 cm³/mol. The molecule has 1 aromatic carbocycles. The van der Waals surface area contributed by atoms with Gasteiger partial charge in [0.05, 0.1) is 5.75 Å². The molecule has 5 nitrogen and oxygen atoms in total. The summed E-state index contributed by atoms with van der Waals surface area (Å²) >= 11 is 7.42. The van der Waals surface area contributed by atoms with Crippen molar-refractivity contribution in [2.45, 2.75) is 13.0 Å². The molecule has 0 bridgehead atoms. The highest BCUT2D eigenvalue weighted by Crippen LogP contribution is 2.14. The third-order valence-electron chi connectivity index (χ3n) is 3.72. The summed E-state index contributed by atoms with van der Waals surface area (Å²) in [4.78, 5) is 27.0. The van der Waals surface area contributed by atoms with Gasteiger partial charge >= 0.3 is 0 Å². The van der Waals surface area contributed by atoms with Crippen LogP contribution in [0.2, 0.25) is 5.02 Å². The zero-order valence-corrected chi connectivity index (χ0v) is 14.6. The summed E-state index contributed by atoms with van der Waals surface area (Å²) in [6, 6.07) is 7.88. The average Bonchev–Trinajstić information content (AvgIpc) is 2.52. The lowest BCUT2D eigenvalue weighted by atomic mass is 10.2. The molecule has 126 valence electrons. The first-order valence-corrected chi connectivity index (χ1v) is 9.18. The molecule has 1 aromatic rings. The zero-order chi connectivity index (χ0) is 16.7. The summed E-state index contributed by atoms with van der Waals surface area (Å²) < 4.78 is 0. The molecule has 0 spiro atoms. The number of benzene rings is 1. The molecule has 0 unspecified atom stereocenters. The van der Waals surface area contributed by atoms with E-state index in [1.165, 1.54) is 17.3 Å². The Morgan fingerprint density at radius 2 is 1.96 bits per heavy atom. The van der Waals surface area contributed by atoms with Crippen molar-refractivity contribution in [3.63, 3.8) is 0 Å². The first-order valence-electron chi connectivity index (χ1n) is 7.65. The minimum absolute atomic E-state index is 0.157. The minimum atomic E-state index is -0.336. The molecule has 0 saturated carbocycles. The second-order valence-corrected chi connectivity index (χ2v) is 7.10. The number of hydrogen-bond donors (Lipinski definition) is 1. The molecule has 0 aliphatic carbocycles. The van der Waals surface area contributed by atoms with Crippen LogP contribution in [0.3, 0.4) is 0 Å². The standard InChI is InChI=1S/C16H22ClN3O2S/c17-14-3-1-2-13(10-14)11-19-5-7-20(8-6-19)16(22)4-9-23-12-15(18)21/h1-3,10H,4-9,11-12H2,(H2,18,21). The van der Waals surface area contributed by atoms with Gasteiger partial charge in [-0.3, -0.25) is 14.5 Å². The van der Waals surface area contributed by atoms with E-state index in [-0.39, 0.29) is 17.6 Å². The van der Waals surface area contributed by atoms with Crippen LogP contribution in [-0.4, -0.2) is 59.3 Å². The normalized spacial score (nSPS) is 15.6. The quantitative estimate of drug-likeness (QED) is 0.754. The average molecular weight is 356 g/mol. The van der Waals surface area contributed by atoms with Crippen LogP contribution in [0.25, 0.3) is 0 Å². The van der Waals surface area contributed by atoms with Gasteiger partial charge in [0.1, 0.15) is 0 Å². The van der Waals surface area contributed by atoms with Gasteiger partial charge in [0, 0.05) is 49.9 Å². The SMILES string of the molecule is NC(=O)CSCCC(=O)N1CCN(Cc2cccc(Cl)c2)CC1. The number of thioether (sulfide) groups is 1. The largest absolute Gasteiger partial charge is 0.369 e. The van der Waals surface area contributed by atoms with Crippen LogP contribution in [0, 0.1) is 0 Å². The molecule has 2 rings (SSSR count). The monoisotopic (exact) mass is 355 g/mol. The molecule has 0 radical (unpaired) electrons. The van der Waals surface area contributed by atoms with Crippen LogP contribution in [0.15, 0.2) is 24.3 Å². The van der Waals surface area contributed by atoms with Gasteiger partial charge in [-0.05, 0) is 17.7 Å². The van der Waals surface area contributed by atoms with Crippen molar-refractivity contribution in [2.24, 2.45) is 5.73 Å². The van der Waals surface area contributed by atoms with Gasteiger partial charge in [-0.25, -0.2) is 0 Å². The molecule has 2 N–H and O–H groups in total. The fourth-order valence-corrected chi connectivity index (χ4v) is 3.42. The molecular formula is C16H22ClN3O2S. The Kier molecular flexibility index (Phi) is 7.20. The van der Waals surface area contributed by atoms with Crippen molar-refractivity contribution in [3.8, 4) is 0 Å². The van der Waals surface area contributed by atoms with E-state index in [2.05, 4.69) is 11.0 Å². The Labute approximate surface area is 146 Å². The fraction of sp³-hybridized carbons (Fsp3) is 0.500. The van der Waals surface area contributed by atoms with Crippen molar-refractivity contribution >= 4 is 35.2 Å². The molecule has 0 aromatic heterocycles. The Balaban J connectivity index is 1.69. The van der Waals surface area contributed by atoms with Crippen molar-refractivity contribution in [1.82, 2.24) is 9.80 Å². The molecule has 7 heteroatoms. The van der Waals surface area contributed by atoms with Gasteiger partial charge < -0.3 is 10.6 Å². The number of primary amides is 1. The molecule has 0 atom stereocenters. The molecule has 1 aliphatic rings. The zero-order valence-electron chi connectivity index (χ0n) is 13.0. The summed E-state index contributed by atoms with van der Waals surface area (Å²) in [6.07, 6.45) is 0.465. The van der Waals surface area contributed by atoms with Crippen LogP contribution in [0.4, 0.5) is 0 Å². The van der Waals surface area contributed by atoms with E-state index in [9.17, 15) is 9.59 Å². The number of halogens is 1. The minimum Gasteiger partial charge on any atom is -0.369 e. The number of rotatable bonds is 7. The van der Waals surface area contributed by atoms with Crippen LogP contribution in [0.5, 0.6) is 0 Å². The van der Waals surface area contributed by atoms with Gasteiger partial charge in [-0.15, -0.1) is 0 Å². The Hall–Kier alpha value is -1.24. The summed E-state index contributed by atoms with van der Waals surface area (Å²) in [5.74, 6) is 0.743. The van der Waals surface area contributed by atoms with E-state index in [0.717, 1.165) is 37.7 Å². The predicted octanol–water partition coefficient (Wildman–Crippen LogP) is 1.59. The maximum absolute atomic E-state index is 12.1. The maximum atomic E-state index is 12.1. The summed E-state index contributed by atoms with van der Waals surface area (Å²) in [5.41, 5.74) is 6.27. The molecule has 1 aliphatic heterocycles. The third kappa shape index (κ3) is 6.41. The van der Waals surface area contributed by atoms with Crippen LogP contribution >= 0.6 is 23.4 Å². The van der Waals surface area contributed by atoms with Crippen molar-refractivity contribution in [1.29, 1.82) is 0 Å². The van der Waals surface area contributed by atoms with E-state index in [4.69, 9.17) is 17.3 Å². The van der Waals surface area contributed by atoms with Gasteiger partial charge in [0.2, 0.25) is 11.8 Å². The van der Waals surface area contributed by atoms with E-state index < -0.39 is 0 Å². The third-order valence-corrected chi connectivity index (χ3v) is 4.94. The van der Waals surface area contributed by atoms with Crippen LogP contribution < -0.4 is 5.73 Å². The van der Waals surface area contributed by atoms with Gasteiger partial charge in [0.25, 0.3) is 0 Å². The lowest BCUT2D eigenvalue weighted by Gasteiger charge is -2.34. The Morgan fingerprint density at radius 3 is 2.61 bits per heavy atom. The number of hydrogen-bond acceptors (Lipinski definition) is 4. The van der Waals surface area contributed by atoms with Crippen LogP contribution in [-0.2, 0) is 16.1 Å². The number of amides is 2. The first-order chi connectivity index (χ1) is 11.0. The van der Waals surface area contributed by atoms with Crippen molar-refractivity contribution < 1.29 is 9.59 Å². The lowest BCUT2D eigenvalue weighted by molar-refractivity contribution is -0.132. The topological polar surface area (TPSA) is 66.6 Å². The molecular weight excluding hydrogens is 334 g/mol. The Bertz CT molecular complexity index is 548. The number of nitrogens with two attached hydrogens (primary N) is 1. The maximum Gasteiger partial charge on any atom is 0.227 e. The van der Waals surface area contributed by atoms with Gasteiger partial charge in [-0.2, -0.15) is 11.8 Å². The number of piperazine rings is 1. The number of nitrogens with zero attached hydrogens (tertiary/aromatic N) is 2. The summed E-state index contributed by atoms with van der Waals surface area (Å²) in [6.45, 7) is 4.09. The molecule has 2 amide bonds. The number of carbonyl (C=O) groups excluding carboxylic acids is 2. The van der Waals surface area contributed by atoms with E-state index in [1.807, 2.05) is 23.1 Å². The summed E-state index contributed by atoms with van der Waals surface area (Å²) in [7, 11) is 0. The highest BCUT2D eigenvalue weighted by Gasteiger charge is 2.20. The van der Waals surface area contributed by atoms with Gasteiger partial charge in [0.15, 0.2) is 0 Å². The van der Waals surface area contributed by atoms with Gasteiger partial charge in [-0.1, -0.05) is 23.7 Å². The molecule has 23 heavy (non-hydrogen) atoms. The highest BCUT2D eigenvalue weighted by atomic mass is 35.5. The smallest absolute Gasteiger partial charge is 0.227 e.